The van der Waals surface area contributed by atoms with Crippen molar-refractivity contribution >= 4 is 46.0 Å². The molecule has 3 heterocycles. The van der Waals surface area contributed by atoms with E-state index >= 15 is 0 Å². The van der Waals surface area contributed by atoms with Gasteiger partial charge in [0.2, 0.25) is 0 Å². The van der Waals surface area contributed by atoms with E-state index in [9.17, 15) is 15.2 Å². The molecule has 5 aromatic rings. The molecule has 0 bridgehead atoms. The second kappa shape index (κ2) is 11.7. The molecule has 3 aliphatic carbocycles. The number of thiophene rings is 2. The summed E-state index contributed by atoms with van der Waals surface area (Å²) in [5.74, 6) is -0.989. The van der Waals surface area contributed by atoms with Gasteiger partial charge in [0.25, 0.3) is 0 Å². The van der Waals surface area contributed by atoms with Gasteiger partial charge >= 0.3 is 5.97 Å². The lowest BCUT2D eigenvalue weighted by molar-refractivity contribution is -0.132. The van der Waals surface area contributed by atoms with Gasteiger partial charge in [0.15, 0.2) is 0 Å². The highest BCUT2D eigenvalue weighted by molar-refractivity contribution is 7.23. The Morgan fingerprint density at radius 3 is 2.44 bits per heavy atom. The molecule has 0 fully saturated rings. The summed E-state index contributed by atoms with van der Waals surface area (Å²) < 4.78 is 0. The molecule has 0 radical (unpaired) electrons. The number of carbonyl (C=O) groups is 1. The highest BCUT2D eigenvalue weighted by atomic mass is 32.1. The summed E-state index contributed by atoms with van der Waals surface area (Å²) in [6.07, 6.45) is 9.70. The van der Waals surface area contributed by atoms with Crippen LogP contribution in [0, 0.1) is 17.2 Å². The third-order valence-electron chi connectivity index (χ3n) is 10.8. The van der Waals surface area contributed by atoms with Crippen LogP contribution < -0.4 is 4.90 Å². The zero-order valence-corrected chi connectivity index (χ0v) is 29.4. The monoisotopic (exact) mass is 686 g/mol. The van der Waals surface area contributed by atoms with Crippen LogP contribution in [0.25, 0.3) is 32.5 Å². The van der Waals surface area contributed by atoms with Gasteiger partial charge in [0.05, 0.1) is 6.04 Å². The first kappa shape index (κ1) is 30.8. The number of anilines is 1. The van der Waals surface area contributed by atoms with Crippen molar-refractivity contribution < 1.29 is 9.90 Å². The van der Waals surface area contributed by atoms with Crippen LogP contribution in [0.4, 0.5) is 5.69 Å². The van der Waals surface area contributed by atoms with E-state index in [1.165, 1.54) is 78.2 Å². The highest BCUT2D eigenvalue weighted by Crippen LogP contribution is 2.57. The van der Waals surface area contributed by atoms with Crippen molar-refractivity contribution in [3.05, 3.63) is 158 Å². The zero-order valence-electron chi connectivity index (χ0n) is 27.8. The molecule has 1 N–H and O–H groups in total. The Bertz CT molecular complexity index is 2390. The van der Waals surface area contributed by atoms with Crippen LogP contribution in [0.1, 0.15) is 65.6 Å². The number of nitrogens with zero attached hydrogens (tertiary/aromatic N) is 2. The lowest BCUT2D eigenvalue weighted by Gasteiger charge is -2.33. The molecule has 0 saturated heterocycles. The summed E-state index contributed by atoms with van der Waals surface area (Å²) in [5, 5.41) is 18.5. The van der Waals surface area contributed by atoms with Crippen LogP contribution in [0.15, 0.2) is 132 Å². The van der Waals surface area contributed by atoms with Crippen molar-refractivity contribution in [3.63, 3.8) is 0 Å². The number of nitriles is 1. The topological polar surface area (TPSA) is 64.3 Å². The summed E-state index contributed by atoms with van der Waals surface area (Å²) in [4.78, 5) is 18.2. The number of carboxylic acids is 1. The Hall–Kier alpha value is -5.22. The van der Waals surface area contributed by atoms with Crippen molar-refractivity contribution in [2.24, 2.45) is 5.92 Å². The van der Waals surface area contributed by atoms with Crippen LogP contribution in [-0.4, -0.2) is 11.1 Å². The van der Waals surface area contributed by atoms with E-state index in [1.807, 2.05) is 12.1 Å². The number of fused-ring (bicyclic) bond motifs is 3. The maximum Gasteiger partial charge on any atom is 0.346 e. The van der Waals surface area contributed by atoms with Gasteiger partial charge in [-0.3, -0.25) is 0 Å². The number of hydrogen-bond acceptors (Lipinski definition) is 5. The fraction of sp³-hybridized carbons (Fsp3) is 0.182. The average molecular weight is 687 g/mol. The molecule has 50 heavy (non-hydrogen) atoms. The molecule has 0 amide bonds. The second-order valence-electron chi connectivity index (χ2n) is 14.0. The summed E-state index contributed by atoms with van der Waals surface area (Å²) >= 11 is 3.28. The Balaban J connectivity index is 1.14. The number of para-hydroxylation sites is 1. The number of benzene rings is 3. The highest BCUT2D eigenvalue weighted by Gasteiger charge is 2.46. The van der Waals surface area contributed by atoms with E-state index in [-0.39, 0.29) is 22.9 Å². The predicted molar refractivity (Wildman–Crippen MR) is 205 cm³/mol. The Kier molecular flexibility index (Phi) is 7.20. The van der Waals surface area contributed by atoms with E-state index in [4.69, 9.17) is 0 Å². The standard InChI is InChI=1S/C44H34N2O2S2/c1-44(2)35-13-7-6-12-32(35)33-17-15-27(24-36(33)44)42-34-23-28(21-26-9-8-14-37(41(26)34)46(42)30-10-4-3-5-11-30)38-19-20-40(50-38)39-18-16-31(49-39)22-29(25-45)43(47)48/h3-7,10-13,15-24,34,42H,8-9,14H2,1-2H3,(H,47,48). The van der Waals surface area contributed by atoms with E-state index < -0.39 is 5.97 Å². The third-order valence-corrected chi connectivity index (χ3v) is 13.2. The van der Waals surface area contributed by atoms with Gasteiger partial charge in [-0.1, -0.05) is 86.7 Å². The number of carboxylic acid groups (broad SMARTS) is 1. The first-order valence-corrected chi connectivity index (χ1v) is 18.7. The molecule has 0 spiro atoms. The fourth-order valence-corrected chi connectivity index (χ4v) is 10.6. The molecular formula is C44H34N2O2S2. The molecule has 3 aromatic carbocycles. The molecule has 2 aromatic heterocycles. The van der Waals surface area contributed by atoms with Gasteiger partial charge in [-0.2, -0.15) is 5.26 Å². The quantitative estimate of drug-likeness (QED) is 0.143. The first-order valence-electron chi connectivity index (χ1n) is 17.1. The van der Waals surface area contributed by atoms with Gasteiger partial charge in [-0.15, -0.1) is 22.7 Å². The van der Waals surface area contributed by atoms with Crippen molar-refractivity contribution in [2.45, 2.75) is 44.6 Å². The molecule has 4 aliphatic rings. The largest absolute Gasteiger partial charge is 0.477 e. The molecule has 4 nitrogen and oxygen atoms in total. The van der Waals surface area contributed by atoms with Gasteiger partial charge in [-0.25, -0.2) is 4.79 Å². The Morgan fingerprint density at radius 2 is 1.62 bits per heavy atom. The van der Waals surface area contributed by atoms with Crippen molar-refractivity contribution in [1.82, 2.24) is 0 Å². The SMILES string of the molecule is CC1(C)c2ccccc2-c2ccc(C3C4C=C(c5ccc(-c6ccc(C=C(C#N)C(=O)O)s6)s5)C=C5CCCC(=C54)N3c3ccccc3)cc21. The van der Waals surface area contributed by atoms with Crippen molar-refractivity contribution in [3.8, 4) is 27.0 Å². The van der Waals surface area contributed by atoms with Gasteiger partial charge in [-0.05, 0) is 106 Å². The molecule has 2 unspecified atom stereocenters. The lowest BCUT2D eigenvalue weighted by atomic mass is 9.76. The van der Waals surface area contributed by atoms with E-state index in [2.05, 4.69) is 116 Å². The molecule has 9 rings (SSSR count). The first-order chi connectivity index (χ1) is 24.3. The normalized spacial score (nSPS) is 20.1. The number of allylic oxidation sites excluding steroid dienone is 4. The predicted octanol–water partition coefficient (Wildman–Crippen LogP) is 11.4. The second-order valence-corrected chi connectivity index (χ2v) is 16.2. The van der Waals surface area contributed by atoms with Crippen molar-refractivity contribution in [2.75, 3.05) is 4.90 Å². The van der Waals surface area contributed by atoms with Crippen LogP contribution in [0.2, 0.25) is 0 Å². The number of rotatable bonds is 6. The minimum absolute atomic E-state index is 0.0710. The molecule has 6 heteroatoms. The molecular weight excluding hydrogens is 653 g/mol. The Morgan fingerprint density at radius 1 is 0.880 bits per heavy atom. The maximum atomic E-state index is 11.4. The number of hydrogen-bond donors (Lipinski definition) is 1. The maximum absolute atomic E-state index is 11.4. The summed E-state index contributed by atoms with van der Waals surface area (Å²) in [5.41, 5.74) is 13.5. The van der Waals surface area contributed by atoms with E-state index in [1.54, 1.807) is 17.4 Å². The summed E-state index contributed by atoms with van der Waals surface area (Å²) in [7, 11) is 0. The average Bonchev–Trinajstić information content (AvgIpc) is 3.92. The lowest BCUT2D eigenvalue weighted by Crippen LogP contribution is -2.27. The molecule has 1 aliphatic heterocycles. The van der Waals surface area contributed by atoms with Gasteiger partial charge < -0.3 is 10.0 Å². The van der Waals surface area contributed by atoms with Crippen LogP contribution in [-0.2, 0) is 10.2 Å². The summed E-state index contributed by atoms with van der Waals surface area (Å²) in [6.45, 7) is 4.73. The molecule has 244 valence electrons. The van der Waals surface area contributed by atoms with E-state index in [0.29, 0.717) is 0 Å². The van der Waals surface area contributed by atoms with Crippen molar-refractivity contribution in [1.29, 1.82) is 5.26 Å². The smallest absolute Gasteiger partial charge is 0.346 e. The zero-order chi connectivity index (χ0) is 34.1. The van der Waals surface area contributed by atoms with E-state index in [0.717, 1.165) is 33.9 Å². The van der Waals surface area contributed by atoms with Crippen LogP contribution in [0.5, 0.6) is 0 Å². The third kappa shape index (κ3) is 4.80. The van der Waals surface area contributed by atoms with Crippen LogP contribution in [0.3, 0.4) is 0 Å². The molecule has 2 atom stereocenters. The minimum atomic E-state index is -1.21. The summed E-state index contributed by atoms with van der Waals surface area (Å²) in [6, 6.07) is 37.3. The molecule has 0 saturated carbocycles. The van der Waals surface area contributed by atoms with Crippen LogP contribution >= 0.6 is 22.7 Å². The van der Waals surface area contributed by atoms with Gasteiger partial charge in [0.1, 0.15) is 11.6 Å². The minimum Gasteiger partial charge on any atom is -0.477 e. The number of aliphatic carboxylic acids is 1. The Labute approximate surface area is 300 Å². The fourth-order valence-electron chi connectivity index (χ4n) is 8.59. The van der Waals surface area contributed by atoms with Gasteiger partial charge in [0, 0.05) is 42.2 Å².